The van der Waals surface area contributed by atoms with Crippen molar-refractivity contribution < 1.29 is 0 Å². The summed E-state index contributed by atoms with van der Waals surface area (Å²) in [5.74, 6) is 0. The lowest BCUT2D eigenvalue weighted by molar-refractivity contribution is 0.870. The van der Waals surface area contributed by atoms with Crippen molar-refractivity contribution in [1.29, 1.82) is 0 Å². The van der Waals surface area contributed by atoms with Gasteiger partial charge in [-0.3, -0.25) is 0 Å². The molecule has 1 aromatic heterocycles. The maximum Gasteiger partial charge on any atom is 0.189 e. The van der Waals surface area contributed by atoms with Crippen LogP contribution in [0.4, 0.5) is 5.69 Å². The van der Waals surface area contributed by atoms with Crippen molar-refractivity contribution in [3.8, 4) is 0 Å². The zero-order chi connectivity index (χ0) is 12.6. The molecule has 3 heteroatoms. The van der Waals surface area contributed by atoms with E-state index in [0.29, 0.717) is 0 Å². The Morgan fingerprint density at radius 2 is 1.65 bits per heavy atom. The fourth-order valence-electron chi connectivity index (χ4n) is 1.84. The van der Waals surface area contributed by atoms with E-state index in [-0.39, 0.29) is 0 Å². The Bertz CT molecular complexity index is 618. The number of aryl methyl sites for hydroxylation is 5. The van der Waals surface area contributed by atoms with Crippen molar-refractivity contribution in [3.63, 3.8) is 0 Å². The van der Waals surface area contributed by atoms with Crippen LogP contribution in [0.2, 0.25) is 0 Å². The quantitative estimate of drug-likeness (QED) is 0.732. The van der Waals surface area contributed by atoms with E-state index < -0.39 is 0 Å². The lowest BCUT2D eigenvalue weighted by Crippen LogP contribution is -2.08. The van der Waals surface area contributed by atoms with Crippen LogP contribution < -0.4 is 4.80 Å². The predicted octanol–water partition coefficient (Wildman–Crippen LogP) is 3.55. The van der Waals surface area contributed by atoms with E-state index >= 15 is 0 Å². The standard InChI is InChI=1S/C14H18N2S/c1-9-6-11(3)13(7-10(9)2)15-14-16(5)8-12(4)17-14/h6-8H,1-5H3. The average Bonchev–Trinajstić information content (AvgIpc) is 2.54. The normalized spacial score (nSPS) is 12.2. The third kappa shape index (κ3) is 2.50. The van der Waals surface area contributed by atoms with Gasteiger partial charge in [0.1, 0.15) is 0 Å². The van der Waals surface area contributed by atoms with Gasteiger partial charge in [-0.05, 0) is 50.5 Å². The number of nitrogens with zero attached hydrogens (tertiary/aromatic N) is 2. The number of hydrogen-bond acceptors (Lipinski definition) is 2. The van der Waals surface area contributed by atoms with Gasteiger partial charge >= 0.3 is 0 Å². The highest BCUT2D eigenvalue weighted by molar-refractivity contribution is 7.09. The van der Waals surface area contributed by atoms with Crippen LogP contribution in [0, 0.1) is 27.7 Å². The largest absolute Gasteiger partial charge is 0.326 e. The molecule has 0 saturated carbocycles. The summed E-state index contributed by atoms with van der Waals surface area (Å²) in [6, 6.07) is 4.37. The minimum atomic E-state index is 1.05. The first-order valence-corrected chi connectivity index (χ1v) is 6.54. The number of thiazole rings is 1. The molecular weight excluding hydrogens is 228 g/mol. The molecule has 1 heterocycles. The summed E-state index contributed by atoms with van der Waals surface area (Å²) < 4.78 is 2.08. The molecule has 0 N–H and O–H groups in total. The van der Waals surface area contributed by atoms with Crippen LogP contribution in [0.15, 0.2) is 23.3 Å². The molecule has 0 unspecified atom stereocenters. The molecule has 0 aliphatic rings. The van der Waals surface area contributed by atoms with Crippen molar-refractivity contribution in [2.75, 3.05) is 0 Å². The molecule has 0 aliphatic heterocycles. The van der Waals surface area contributed by atoms with E-state index in [1.165, 1.54) is 21.6 Å². The maximum absolute atomic E-state index is 4.74. The third-order valence-corrected chi connectivity index (χ3v) is 3.95. The van der Waals surface area contributed by atoms with E-state index in [4.69, 9.17) is 4.99 Å². The third-order valence-electron chi connectivity index (χ3n) is 2.96. The van der Waals surface area contributed by atoms with Gasteiger partial charge in [0.2, 0.25) is 0 Å². The topological polar surface area (TPSA) is 17.3 Å². The smallest absolute Gasteiger partial charge is 0.189 e. The number of rotatable bonds is 1. The molecule has 0 radical (unpaired) electrons. The van der Waals surface area contributed by atoms with E-state index in [9.17, 15) is 0 Å². The Morgan fingerprint density at radius 1 is 1.00 bits per heavy atom. The van der Waals surface area contributed by atoms with E-state index in [1.54, 1.807) is 11.3 Å². The van der Waals surface area contributed by atoms with Gasteiger partial charge < -0.3 is 4.57 Å². The first kappa shape index (κ1) is 12.1. The Labute approximate surface area is 106 Å². The fraction of sp³-hybridized carbons (Fsp3) is 0.357. The Balaban J connectivity index is 2.60. The van der Waals surface area contributed by atoms with Crippen LogP contribution >= 0.6 is 11.3 Å². The minimum absolute atomic E-state index is 1.05. The fourth-order valence-corrected chi connectivity index (χ4v) is 2.68. The molecule has 17 heavy (non-hydrogen) atoms. The second kappa shape index (κ2) is 4.49. The van der Waals surface area contributed by atoms with E-state index in [2.05, 4.69) is 50.6 Å². The molecule has 2 aromatic rings. The molecule has 2 nitrogen and oxygen atoms in total. The molecule has 0 saturated heterocycles. The van der Waals surface area contributed by atoms with Crippen molar-refractivity contribution in [2.24, 2.45) is 12.0 Å². The molecular formula is C14H18N2S. The van der Waals surface area contributed by atoms with Crippen LogP contribution in [-0.2, 0) is 7.05 Å². The van der Waals surface area contributed by atoms with Gasteiger partial charge in [-0.25, -0.2) is 4.99 Å². The van der Waals surface area contributed by atoms with Gasteiger partial charge in [0.05, 0.1) is 5.69 Å². The summed E-state index contributed by atoms with van der Waals surface area (Å²) in [5.41, 5.74) is 4.93. The summed E-state index contributed by atoms with van der Waals surface area (Å²) >= 11 is 1.72. The highest BCUT2D eigenvalue weighted by Crippen LogP contribution is 2.22. The molecule has 2 rings (SSSR count). The highest BCUT2D eigenvalue weighted by Gasteiger charge is 2.01. The SMILES string of the molecule is Cc1cn(C)c(=Nc2cc(C)c(C)cc2C)s1. The average molecular weight is 246 g/mol. The maximum atomic E-state index is 4.74. The minimum Gasteiger partial charge on any atom is -0.326 e. The molecule has 0 atom stereocenters. The summed E-state index contributed by atoms with van der Waals surface area (Å²) in [5, 5.41) is 0. The summed E-state index contributed by atoms with van der Waals surface area (Å²) in [4.78, 5) is 7.08. The molecule has 0 bridgehead atoms. The van der Waals surface area contributed by atoms with Crippen molar-refractivity contribution >= 4 is 17.0 Å². The van der Waals surface area contributed by atoms with Gasteiger partial charge in [-0.2, -0.15) is 0 Å². The Morgan fingerprint density at radius 3 is 2.24 bits per heavy atom. The second-order valence-electron chi connectivity index (χ2n) is 4.57. The Hall–Kier alpha value is -1.35. The lowest BCUT2D eigenvalue weighted by Gasteiger charge is -2.05. The Kier molecular flexibility index (Phi) is 3.20. The van der Waals surface area contributed by atoms with Crippen LogP contribution in [0.3, 0.4) is 0 Å². The number of benzene rings is 1. The van der Waals surface area contributed by atoms with Gasteiger partial charge in [0.15, 0.2) is 4.80 Å². The predicted molar refractivity (Wildman–Crippen MR) is 73.9 cm³/mol. The molecule has 90 valence electrons. The van der Waals surface area contributed by atoms with Crippen LogP contribution in [0.25, 0.3) is 0 Å². The van der Waals surface area contributed by atoms with Gasteiger partial charge in [-0.15, -0.1) is 11.3 Å². The molecule has 0 amide bonds. The second-order valence-corrected chi connectivity index (χ2v) is 5.78. The van der Waals surface area contributed by atoms with Gasteiger partial charge in [0.25, 0.3) is 0 Å². The van der Waals surface area contributed by atoms with Gasteiger partial charge in [-0.1, -0.05) is 6.07 Å². The van der Waals surface area contributed by atoms with Crippen molar-refractivity contribution in [3.05, 3.63) is 44.7 Å². The van der Waals surface area contributed by atoms with Crippen LogP contribution in [0.5, 0.6) is 0 Å². The first-order valence-electron chi connectivity index (χ1n) is 5.73. The summed E-state index contributed by atoms with van der Waals surface area (Å²) in [7, 11) is 2.04. The van der Waals surface area contributed by atoms with Crippen molar-refractivity contribution in [2.45, 2.75) is 27.7 Å². The monoisotopic (exact) mass is 246 g/mol. The van der Waals surface area contributed by atoms with Crippen LogP contribution in [-0.4, -0.2) is 4.57 Å². The molecule has 0 aliphatic carbocycles. The lowest BCUT2D eigenvalue weighted by atomic mass is 10.1. The zero-order valence-electron chi connectivity index (χ0n) is 11.0. The first-order chi connectivity index (χ1) is 7.97. The molecule has 0 fully saturated rings. The van der Waals surface area contributed by atoms with E-state index in [0.717, 1.165) is 10.5 Å². The van der Waals surface area contributed by atoms with Crippen molar-refractivity contribution in [1.82, 2.24) is 4.57 Å². The molecule has 1 aromatic carbocycles. The molecule has 0 spiro atoms. The summed E-state index contributed by atoms with van der Waals surface area (Å²) in [6.45, 7) is 8.50. The highest BCUT2D eigenvalue weighted by atomic mass is 32.1. The number of hydrogen-bond donors (Lipinski definition) is 0. The zero-order valence-corrected chi connectivity index (χ0v) is 11.9. The van der Waals surface area contributed by atoms with E-state index in [1.807, 2.05) is 7.05 Å². The number of aromatic nitrogens is 1. The van der Waals surface area contributed by atoms with Gasteiger partial charge in [0, 0.05) is 18.1 Å². The summed E-state index contributed by atoms with van der Waals surface area (Å²) in [6.07, 6.45) is 2.11. The van der Waals surface area contributed by atoms with Crippen LogP contribution in [0.1, 0.15) is 21.6 Å².